The summed E-state index contributed by atoms with van der Waals surface area (Å²) >= 11 is 1.37. The van der Waals surface area contributed by atoms with Crippen molar-refractivity contribution >= 4 is 28.7 Å². The first-order chi connectivity index (χ1) is 16.4. The first-order valence-corrected chi connectivity index (χ1v) is 12.1. The number of thioether (sulfide) groups is 1. The molecule has 34 heavy (non-hydrogen) atoms. The number of nitrogens with zero attached hydrogens (tertiary/aromatic N) is 3. The van der Waals surface area contributed by atoms with E-state index in [9.17, 15) is 9.59 Å². The first-order valence-electron chi connectivity index (χ1n) is 11.2. The van der Waals surface area contributed by atoms with Crippen molar-refractivity contribution in [1.29, 1.82) is 0 Å². The SMILES string of the molecule is CCN(CC)C(=O)C1=C(C)N=C2SC=C(CC(=O)NCc3ccco3)N2[C@H]1c1ccccc1F. The number of furan rings is 1. The van der Waals surface area contributed by atoms with Gasteiger partial charge in [0.25, 0.3) is 5.91 Å². The number of hydrogen-bond acceptors (Lipinski definition) is 6. The second kappa shape index (κ2) is 10.3. The van der Waals surface area contributed by atoms with Crippen LogP contribution in [0.2, 0.25) is 0 Å². The fourth-order valence-electron chi connectivity index (χ4n) is 4.14. The minimum Gasteiger partial charge on any atom is -0.467 e. The van der Waals surface area contributed by atoms with Gasteiger partial charge in [0.2, 0.25) is 5.91 Å². The lowest BCUT2D eigenvalue weighted by molar-refractivity contribution is -0.127. The van der Waals surface area contributed by atoms with E-state index in [0.29, 0.717) is 46.5 Å². The van der Waals surface area contributed by atoms with E-state index in [2.05, 4.69) is 10.3 Å². The van der Waals surface area contributed by atoms with Gasteiger partial charge in [-0.2, -0.15) is 0 Å². The van der Waals surface area contributed by atoms with E-state index in [1.54, 1.807) is 48.4 Å². The van der Waals surface area contributed by atoms with Crippen molar-refractivity contribution in [3.05, 3.63) is 82.2 Å². The van der Waals surface area contributed by atoms with Crippen molar-refractivity contribution in [2.24, 2.45) is 4.99 Å². The summed E-state index contributed by atoms with van der Waals surface area (Å²) < 4.78 is 20.4. The van der Waals surface area contributed by atoms with Gasteiger partial charge in [-0.3, -0.25) is 9.59 Å². The third-order valence-corrected chi connectivity index (χ3v) is 6.75. The third kappa shape index (κ3) is 4.65. The molecule has 0 bridgehead atoms. The molecule has 0 saturated heterocycles. The molecule has 0 saturated carbocycles. The maximum absolute atomic E-state index is 15.1. The fraction of sp³-hybridized carbons (Fsp3) is 0.320. The van der Waals surface area contributed by atoms with E-state index in [4.69, 9.17) is 4.42 Å². The van der Waals surface area contributed by atoms with Crippen LogP contribution < -0.4 is 5.32 Å². The van der Waals surface area contributed by atoms with Gasteiger partial charge in [-0.1, -0.05) is 30.0 Å². The topological polar surface area (TPSA) is 78.1 Å². The first kappa shape index (κ1) is 23.8. The van der Waals surface area contributed by atoms with Gasteiger partial charge in [-0.25, -0.2) is 9.38 Å². The monoisotopic (exact) mass is 482 g/mol. The highest BCUT2D eigenvalue weighted by molar-refractivity contribution is 8.16. The van der Waals surface area contributed by atoms with Crippen LogP contribution in [0.5, 0.6) is 0 Å². The van der Waals surface area contributed by atoms with Crippen molar-refractivity contribution in [3.63, 3.8) is 0 Å². The Labute approximate surface area is 202 Å². The van der Waals surface area contributed by atoms with Crippen LogP contribution in [-0.2, 0) is 16.1 Å². The van der Waals surface area contributed by atoms with Gasteiger partial charge in [-0.15, -0.1) is 0 Å². The van der Waals surface area contributed by atoms with Gasteiger partial charge in [0.05, 0.1) is 36.5 Å². The summed E-state index contributed by atoms with van der Waals surface area (Å²) in [6.07, 6.45) is 1.61. The van der Waals surface area contributed by atoms with Crippen molar-refractivity contribution in [1.82, 2.24) is 15.1 Å². The summed E-state index contributed by atoms with van der Waals surface area (Å²) in [6, 6.07) is 9.27. The summed E-state index contributed by atoms with van der Waals surface area (Å²) in [5.41, 5.74) is 2.00. The number of fused-ring (bicyclic) bond motifs is 1. The number of carbonyl (C=O) groups excluding carboxylic acids is 2. The number of amidine groups is 1. The predicted molar refractivity (Wildman–Crippen MR) is 130 cm³/mol. The average molecular weight is 483 g/mol. The van der Waals surface area contributed by atoms with Crippen molar-refractivity contribution in [2.75, 3.05) is 13.1 Å². The number of rotatable bonds is 8. The molecule has 7 nitrogen and oxygen atoms in total. The van der Waals surface area contributed by atoms with E-state index in [1.165, 1.54) is 17.8 Å². The molecule has 2 aliphatic rings. The summed E-state index contributed by atoms with van der Waals surface area (Å²) in [5, 5.41) is 5.31. The zero-order valence-electron chi connectivity index (χ0n) is 19.4. The highest BCUT2D eigenvalue weighted by Gasteiger charge is 2.42. The highest BCUT2D eigenvalue weighted by Crippen LogP contribution is 2.45. The maximum atomic E-state index is 15.1. The second-order valence-electron chi connectivity index (χ2n) is 7.92. The Bertz CT molecular complexity index is 1170. The molecular formula is C25H27FN4O3S. The minimum absolute atomic E-state index is 0.0590. The zero-order chi connectivity index (χ0) is 24.2. The van der Waals surface area contributed by atoms with Crippen LogP contribution in [0.15, 0.2) is 74.4 Å². The number of aliphatic imine (C=N–C) groups is 1. The Morgan fingerprint density at radius 1 is 1.21 bits per heavy atom. The average Bonchev–Trinajstić information content (AvgIpc) is 3.48. The number of halogens is 1. The third-order valence-electron chi connectivity index (χ3n) is 5.86. The van der Waals surface area contributed by atoms with Crippen LogP contribution in [0, 0.1) is 5.82 Å². The van der Waals surface area contributed by atoms with E-state index in [-0.39, 0.29) is 24.8 Å². The highest BCUT2D eigenvalue weighted by atomic mass is 32.2. The molecule has 2 aromatic rings. The van der Waals surface area contributed by atoms with E-state index in [1.807, 2.05) is 24.2 Å². The van der Waals surface area contributed by atoms with Crippen LogP contribution in [0.3, 0.4) is 0 Å². The van der Waals surface area contributed by atoms with Gasteiger partial charge >= 0.3 is 0 Å². The van der Waals surface area contributed by atoms with Gasteiger partial charge in [0.1, 0.15) is 11.6 Å². The van der Waals surface area contributed by atoms with Gasteiger partial charge in [0.15, 0.2) is 5.17 Å². The van der Waals surface area contributed by atoms with Crippen molar-refractivity contribution in [2.45, 2.75) is 39.8 Å². The molecule has 4 rings (SSSR count). The quantitative estimate of drug-likeness (QED) is 0.597. The number of likely N-dealkylation sites (N-methyl/N-ethyl adjacent to an activating group) is 1. The molecule has 2 aliphatic heterocycles. The summed E-state index contributed by atoms with van der Waals surface area (Å²) in [6.45, 7) is 6.93. The normalized spacial score (nSPS) is 17.3. The summed E-state index contributed by atoms with van der Waals surface area (Å²) in [7, 11) is 0. The van der Waals surface area contributed by atoms with Gasteiger partial charge in [-0.05, 0) is 44.4 Å². The molecule has 0 unspecified atom stereocenters. The lowest BCUT2D eigenvalue weighted by atomic mass is 9.92. The van der Waals surface area contributed by atoms with Gasteiger partial charge in [0, 0.05) is 24.4 Å². The van der Waals surface area contributed by atoms with Crippen LogP contribution in [0.1, 0.15) is 44.6 Å². The maximum Gasteiger partial charge on any atom is 0.254 e. The molecule has 178 valence electrons. The summed E-state index contributed by atoms with van der Waals surface area (Å²) in [4.78, 5) is 34.5. The second-order valence-corrected chi connectivity index (χ2v) is 8.76. The smallest absolute Gasteiger partial charge is 0.254 e. The Morgan fingerprint density at radius 2 is 1.97 bits per heavy atom. The lowest BCUT2D eigenvalue weighted by Crippen LogP contribution is -2.42. The summed E-state index contributed by atoms with van der Waals surface area (Å²) in [5.74, 6) is -0.153. The molecule has 2 amide bonds. The Morgan fingerprint density at radius 3 is 2.65 bits per heavy atom. The van der Waals surface area contributed by atoms with Crippen LogP contribution in [-0.4, -0.2) is 39.9 Å². The number of amides is 2. The predicted octanol–water partition coefficient (Wildman–Crippen LogP) is 4.57. The molecule has 9 heteroatoms. The molecule has 1 aromatic carbocycles. The van der Waals surface area contributed by atoms with E-state index in [0.717, 1.165) is 0 Å². The molecule has 1 N–H and O–H groups in total. The largest absolute Gasteiger partial charge is 0.467 e. The standard InChI is InChI=1S/C25H27FN4O3S/c1-4-29(5-2)24(32)22-16(3)28-25-30(23(22)19-10-6-7-11-20(19)26)17(15-34-25)13-21(31)27-14-18-9-8-12-33-18/h6-12,15,23H,4-5,13-14H2,1-3H3,(H,27,31)/t23-/m0/s1. The van der Waals surface area contributed by atoms with Crippen LogP contribution in [0.4, 0.5) is 4.39 Å². The van der Waals surface area contributed by atoms with Gasteiger partial charge < -0.3 is 19.5 Å². The number of nitrogens with one attached hydrogen (secondary N) is 1. The number of benzene rings is 1. The Kier molecular flexibility index (Phi) is 7.21. The molecule has 0 radical (unpaired) electrons. The molecular weight excluding hydrogens is 455 g/mol. The van der Waals surface area contributed by atoms with Crippen LogP contribution in [0.25, 0.3) is 0 Å². The fourth-order valence-corrected chi connectivity index (χ4v) is 5.11. The Balaban J connectivity index is 1.67. The molecule has 0 spiro atoms. The van der Waals surface area contributed by atoms with Crippen LogP contribution >= 0.6 is 11.8 Å². The van der Waals surface area contributed by atoms with Crippen molar-refractivity contribution in [3.8, 4) is 0 Å². The van der Waals surface area contributed by atoms with E-state index >= 15 is 4.39 Å². The number of hydrogen-bond donors (Lipinski definition) is 1. The van der Waals surface area contributed by atoms with E-state index < -0.39 is 11.9 Å². The number of carbonyl (C=O) groups is 2. The lowest BCUT2D eigenvalue weighted by Gasteiger charge is -2.38. The molecule has 3 heterocycles. The molecule has 0 aliphatic carbocycles. The Hall–Kier alpha value is -3.33. The van der Waals surface area contributed by atoms with Crippen molar-refractivity contribution < 1.29 is 18.4 Å². The number of allylic oxidation sites excluding steroid dienone is 1. The molecule has 0 fully saturated rings. The molecule has 1 atom stereocenters. The molecule has 1 aromatic heterocycles. The zero-order valence-corrected chi connectivity index (χ0v) is 20.2. The minimum atomic E-state index is -0.721.